The molecule has 0 fully saturated rings. The number of nitriles is 1. The number of rotatable bonds is 5. The Labute approximate surface area is 146 Å². The Hall–Kier alpha value is -3.25. The van der Waals surface area contributed by atoms with Crippen LogP contribution in [0.3, 0.4) is 0 Å². The average Bonchev–Trinajstić information content (AvgIpc) is 2.68. The molecule has 0 radical (unpaired) electrons. The van der Waals surface area contributed by atoms with E-state index in [2.05, 4.69) is 6.07 Å². The molecule has 1 atom stereocenters. The van der Waals surface area contributed by atoms with Crippen LogP contribution < -0.4 is 0 Å². The zero-order valence-corrected chi connectivity index (χ0v) is 13.6. The highest BCUT2D eigenvalue weighted by atomic mass is 19.1. The molecule has 0 aromatic heterocycles. The van der Waals surface area contributed by atoms with Gasteiger partial charge in [-0.2, -0.15) is 5.26 Å². The van der Waals surface area contributed by atoms with Gasteiger partial charge in [0.2, 0.25) is 0 Å². The fourth-order valence-electron chi connectivity index (χ4n) is 2.63. The van der Waals surface area contributed by atoms with Gasteiger partial charge in [0.25, 0.3) is 0 Å². The molecular formula is C22H17FN2. The smallest absolute Gasteiger partial charge is 0.141 e. The summed E-state index contributed by atoms with van der Waals surface area (Å²) in [5.74, 6) is -0.282. The van der Waals surface area contributed by atoms with Crippen LogP contribution in [0.1, 0.15) is 16.7 Å². The maximum atomic E-state index is 13.1. The van der Waals surface area contributed by atoms with E-state index in [1.807, 2.05) is 60.7 Å². The van der Waals surface area contributed by atoms with Crippen molar-refractivity contribution in [2.24, 2.45) is 4.99 Å². The quantitative estimate of drug-likeness (QED) is 0.620. The zero-order chi connectivity index (χ0) is 17.5. The highest BCUT2D eigenvalue weighted by Crippen LogP contribution is 2.14. The lowest BCUT2D eigenvalue weighted by Crippen LogP contribution is -2.12. The third kappa shape index (κ3) is 4.39. The van der Waals surface area contributed by atoms with Crippen molar-refractivity contribution < 1.29 is 4.39 Å². The highest BCUT2D eigenvalue weighted by Gasteiger charge is 2.12. The number of hydrogen-bond donors (Lipinski definition) is 0. The molecule has 3 rings (SSSR count). The Kier molecular flexibility index (Phi) is 5.33. The number of halogens is 1. The van der Waals surface area contributed by atoms with Gasteiger partial charge in [-0.1, -0.05) is 72.8 Å². The van der Waals surface area contributed by atoms with E-state index in [0.717, 1.165) is 22.4 Å². The molecule has 3 aromatic carbocycles. The monoisotopic (exact) mass is 328 g/mol. The largest absolute Gasteiger partial charge is 0.265 e. The first kappa shape index (κ1) is 16.6. The van der Waals surface area contributed by atoms with Crippen LogP contribution in [0.15, 0.2) is 89.9 Å². The summed E-state index contributed by atoms with van der Waals surface area (Å²) in [4.78, 5) is 4.71. The molecule has 0 bridgehead atoms. The molecule has 122 valence electrons. The van der Waals surface area contributed by atoms with Gasteiger partial charge in [0.1, 0.15) is 11.9 Å². The van der Waals surface area contributed by atoms with Gasteiger partial charge < -0.3 is 0 Å². The van der Waals surface area contributed by atoms with Gasteiger partial charge in [0.15, 0.2) is 0 Å². The van der Waals surface area contributed by atoms with Crippen LogP contribution in [-0.4, -0.2) is 11.8 Å². The maximum absolute atomic E-state index is 13.1. The molecule has 0 N–H and O–H groups in total. The Bertz CT molecular complexity index is 837. The first-order valence-electron chi connectivity index (χ1n) is 8.09. The van der Waals surface area contributed by atoms with E-state index in [9.17, 15) is 9.65 Å². The fraction of sp³-hybridized carbons (Fsp3) is 0.0909. The zero-order valence-electron chi connectivity index (χ0n) is 13.6. The maximum Gasteiger partial charge on any atom is 0.141 e. The molecular weight excluding hydrogens is 311 g/mol. The molecule has 25 heavy (non-hydrogen) atoms. The summed E-state index contributed by atoms with van der Waals surface area (Å²) in [5, 5.41) is 9.55. The number of hydrogen-bond acceptors (Lipinski definition) is 2. The lowest BCUT2D eigenvalue weighted by atomic mass is 10.0. The fourth-order valence-corrected chi connectivity index (χ4v) is 2.63. The summed E-state index contributed by atoms with van der Waals surface area (Å²) in [5.41, 5.74) is 3.60. The Balaban J connectivity index is 1.96. The summed E-state index contributed by atoms with van der Waals surface area (Å²) in [6.07, 6.45) is 0.444. The van der Waals surface area contributed by atoms with Crippen molar-refractivity contribution in [2.45, 2.75) is 12.5 Å². The van der Waals surface area contributed by atoms with Crippen LogP contribution in [0.5, 0.6) is 0 Å². The summed E-state index contributed by atoms with van der Waals surface area (Å²) in [6, 6.07) is 27.6. The third-order valence-corrected chi connectivity index (χ3v) is 3.87. The van der Waals surface area contributed by atoms with Gasteiger partial charge in [-0.25, -0.2) is 4.39 Å². The van der Waals surface area contributed by atoms with Crippen molar-refractivity contribution >= 4 is 5.71 Å². The highest BCUT2D eigenvalue weighted by molar-refractivity contribution is 6.13. The number of benzene rings is 3. The molecule has 0 heterocycles. The van der Waals surface area contributed by atoms with Gasteiger partial charge in [0.05, 0.1) is 11.8 Å². The molecule has 3 aromatic rings. The van der Waals surface area contributed by atoms with Crippen molar-refractivity contribution in [1.82, 2.24) is 0 Å². The topological polar surface area (TPSA) is 36.1 Å². The van der Waals surface area contributed by atoms with Gasteiger partial charge in [-0.15, -0.1) is 0 Å². The number of nitrogens with zero attached hydrogens (tertiary/aromatic N) is 2. The van der Waals surface area contributed by atoms with Gasteiger partial charge in [-0.05, 0) is 17.7 Å². The van der Waals surface area contributed by atoms with Gasteiger partial charge in [0, 0.05) is 17.5 Å². The second-order valence-corrected chi connectivity index (χ2v) is 5.69. The molecule has 2 nitrogen and oxygen atoms in total. The van der Waals surface area contributed by atoms with Crippen LogP contribution in [0.4, 0.5) is 4.39 Å². The van der Waals surface area contributed by atoms with Gasteiger partial charge >= 0.3 is 0 Å². The second-order valence-electron chi connectivity index (χ2n) is 5.69. The van der Waals surface area contributed by atoms with Crippen molar-refractivity contribution in [2.75, 3.05) is 0 Å². The van der Waals surface area contributed by atoms with E-state index < -0.39 is 6.04 Å². The van der Waals surface area contributed by atoms with E-state index >= 15 is 0 Å². The first-order chi connectivity index (χ1) is 12.3. The third-order valence-electron chi connectivity index (χ3n) is 3.87. The lowest BCUT2D eigenvalue weighted by Gasteiger charge is -2.11. The van der Waals surface area contributed by atoms with Crippen molar-refractivity contribution in [1.29, 1.82) is 5.26 Å². The van der Waals surface area contributed by atoms with Crippen LogP contribution in [-0.2, 0) is 6.42 Å². The summed E-state index contributed by atoms with van der Waals surface area (Å²) in [6.45, 7) is 0. The lowest BCUT2D eigenvalue weighted by molar-refractivity contribution is 0.626. The standard InChI is InChI=1S/C22H17FN2/c23-20-13-11-17(12-14-20)15-21(16-24)25-22(18-7-3-1-4-8-18)19-9-5-2-6-10-19/h1-14,21H,15H2. The summed E-state index contributed by atoms with van der Waals surface area (Å²) in [7, 11) is 0. The minimum Gasteiger partial charge on any atom is -0.265 e. The van der Waals surface area contributed by atoms with E-state index in [4.69, 9.17) is 4.99 Å². The molecule has 1 unspecified atom stereocenters. The van der Waals surface area contributed by atoms with E-state index in [1.54, 1.807) is 12.1 Å². The molecule has 0 saturated heterocycles. The predicted octanol–water partition coefficient (Wildman–Crippen LogP) is 4.80. The summed E-state index contributed by atoms with van der Waals surface area (Å²) < 4.78 is 13.1. The molecule has 0 aliphatic rings. The van der Waals surface area contributed by atoms with Gasteiger partial charge in [-0.3, -0.25) is 4.99 Å². The molecule has 0 amide bonds. The average molecular weight is 328 g/mol. The Morgan fingerprint density at radius 2 is 1.36 bits per heavy atom. The molecule has 0 spiro atoms. The van der Waals surface area contributed by atoms with Crippen LogP contribution >= 0.6 is 0 Å². The van der Waals surface area contributed by atoms with Crippen molar-refractivity contribution in [3.8, 4) is 6.07 Å². The molecule has 0 aliphatic heterocycles. The van der Waals surface area contributed by atoms with Crippen molar-refractivity contribution in [3.05, 3.63) is 107 Å². The predicted molar refractivity (Wildman–Crippen MR) is 98.0 cm³/mol. The minimum atomic E-state index is -0.541. The normalized spacial score (nSPS) is 11.4. The molecule has 0 aliphatic carbocycles. The van der Waals surface area contributed by atoms with Crippen LogP contribution in [0, 0.1) is 17.1 Å². The summed E-state index contributed by atoms with van der Waals surface area (Å²) >= 11 is 0. The van der Waals surface area contributed by atoms with E-state index in [1.165, 1.54) is 12.1 Å². The van der Waals surface area contributed by atoms with Crippen LogP contribution in [0.25, 0.3) is 0 Å². The molecule has 0 saturated carbocycles. The minimum absolute atomic E-state index is 0.282. The molecule has 3 heteroatoms. The van der Waals surface area contributed by atoms with Crippen LogP contribution in [0.2, 0.25) is 0 Å². The Morgan fingerprint density at radius 3 is 1.84 bits per heavy atom. The Morgan fingerprint density at radius 1 is 0.840 bits per heavy atom. The van der Waals surface area contributed by atoms with Crippen molar-refractivity contribution in [3.63, 3.8) is 0 Å². The van der Waals surface area contributed by atoms with E-state index in [-0.39, 0.29) is 5.82 Å². The van der Waals surface area contributed by atoms with E-state index in [0.29, 0.717) is 6.42 Å². The SMILES string of the molecule is N#CC(Cc1ccc(F)cc1)N=C(c1ccccc1)c1ccccc1. The number of aliphatic imine (C=N–C) groups is 1. The first-order valence-corrected chi connectivity index (χ1v) is 8.09. The second kappa shape index (κ2) is 8.03.